The lowest BCUT2D eigenvalue weighted by molar-refractivity contribution is 0.0863. The van der Waals surface area contributed by atoms with E-state index in [0.29, 0.717) is 5.54 Å². The van der Waals surface area contributed by atoms with E-state index < -0.39 is 0 Å². The van der Waals surface area contributed by atoms with Crippen LogP contribution in [0.25, 0.3) is 0 Å². The molecule has 0 aromatic rings. The largest absolute Gasteiger partial charge is 0.309 e. The van der Waals surface area contributed by atoms with Crippen LogP contribution in [0.15, 0.2) is 0 Å². The first-order valence-corrected chi connectivity index (χ1v) is 7.18. The molecule has 1 unspecified atom stereocenters. The van der Waals surface area contributed by atoms with Gasteiger partial charge in [0, 0.05) is 31.2 Å². The standard InChI is InChI=1S/C14H28N2/c1-4-14(5-2)11-16(9-8-15-14)12(3)10-13-6-7-13/h12-13,15H,4-11H2,1-3H3. The van der Waals surface area contributed by atoms with Gasteiger partial charge in [0.2, 0.25) is 0 Å². The fourth-order valence-electron chi connectivity index (χ4n) is 3.07. The van der Waals surface area contributed by atoms with Crippen LogP contribution >= 0.6 is 0 Å². The molecule has 2 fully saturated rings. The number of nitrogens with one attached hydrogen (secondary N) is 1. The zero-order valence-corrected chi connectivity index (χ0v) is 11.3. The van der Waals surface area contributed by atoms with Gasteiger partial charge in [0.15, 0.2) is 0 Å². The van der Waals surface area contributed by atoms with Gasteiger partial charge in [-0.25, -0.2) is 0 Å². The smallest absolute Gasteiger partial charge is 0.0304 e. The second-order valence-electron chi connectivity index (χ2n) is 5.91. The third-order valence-electron chi connectivity index (χ3n) is 4.75. The fourth-order valence-corrected chi connectivity index (χ4v) is 3.07. The summed E-state index contributed by atoms with van der Waals surface area (Å²) in [5.74, 6) is 1.06. The van der Waals surface area contributed by atoms with Gasteiger partial charge in [0.1, 0.15) is 0 Å². The lowest BCUT2D eigenvalue weighted by Crippen LogP contribution is -2.61. The molecule has 0 radical (unpaired) electrons. The maximum Gasteiger partial charge on any atom is 0.0304 e. The van der Waals surface area contributed by atoms with Gasteiger partial charge in [-0.2, -0.15) is 0 Å². The monoisotopic (exact) mass is 224 g/mol. The van der Waals surface area contributed by atoms with E-state index in [1.54, 1.807) is 0 Å². The predicted molar refractivity (Wildman–Crippen MR) is 69.7 cm³/mol. The zero-order chi connectivity index (χ0) is 11.6. The van der Waals surface area contributed by atoms with E-state index in [1.165, 1.54) is 51.7 Å². The molecule has 2 aliphatic rings. The molecule has 2 rings (SSSR count). The van der Waals surface area contributed by atoms with Crippen LogP contribution in [0.1, 0.15) is 52.9 Å². The molecule has 1 aliphatic carbocycles. The summed E-state index contributed by atoms with van der Waals surface area (Å²) in [6, 6.07) is 0.798. The summed E-state index contributed by atoms with van der Waals surface area (Å²) in [4.78, 5) is 2.72. The van der Waals surface area contributed by atoms with Gasteiger partial charge in [-0.1, -0.05) is 26.7 Å². The fraction of sp³-hybridized carbons (Fsp3) is 1.00. The third kappa shape index (κ3) is 2.78. The minimum atomic E-state index is 0.399. The Kier molecular flexibility index (Phi) is 3.91. The molecule has 16 heavy (non-hydrogen) atoms. The number of hydrogen-bond donors (Lipinski definition) is 1. The Balaban J connectivity index is 1.89. The summed E-state index contributed by atoms with van der Waals surface area (Å²) in [5, 5.41) is 3.74. The quantitative estimate of drug-likeness (QED) is 0.772. The van der Waals surface area contributed by atoms with E-state index in [-0.39, 0.29) is 0 Å². The highest BCUT2D eigenvalue weighted by Crippen LogP contribution is 2.35. The van der Waals surface area contributed by atoms with E-state index in [0.717, 1.165) is 12.0 Å². The Hall–Kier alpha value is -0.0800. The lowest BCUT2D eigenvalue weighted by atomic mass is 9.89. The molecule has 0 spiro atoms. The van der Waals surface area contributed by atoms with Gasteiger partial charge >= 0.3 is 0 Å². The number of piperazine rings is 1. The van der Waals surface area contributed by atoms with E-state index in [9.17, 15) is 0 Å². The molecule has 0 amide bonds. The van der Waals surface area contributed by atoms with E-state index in [1.807, 2.05) is 0 Å². The Labute approximate surface area is 101 Å². The average molecular weight is 224 g/mol. The molecule has 1 N–H and O–H groups in total. The normalized spacial score (nSPS) is 27.9. The predicted octanol–water partition coefficient (Wildman–Crippen LogP) is 2.64. The summed E-state index contributed by atoms with van der Waals surface area (Å²) >= 11 is 0. The topological polar surface area (TPSA) is 15.3 Å². The number of hydrogen-bond acceptors (Lipinski definition) is 2. The summed E-state index contributed by atoms with van der Waals surface area (Å²) in [6.45, 7) is 10.8. The van der Waals surface area contributed by atoms with E-state index in [4.69, 9.17) is 0 Å². The minimum absolute atomic E-state index is 0.399. The van der Waals surface area contributed by atoms with Gasteiger partial charge < -0.3 is 5.32 Å². The molecule has 1 saturated heterocycles. The highest BCUT2D eigenvalue weighted by molar-refractivity contribution is 4.94. The summed E-state index contributed by atoms with van der Waals surface area (Å²) in [7, 11) is 0. The van der Waals surface area contributed by atoms with Crippen molar-refractivity contribution in [2.24, 2.45) is 5.92 Å². The number of rotatable bonds is 5. The first-order valence-electron chi connectivity index (χ1n) is 7.18. The minimum Gasteiger partial charge on any atom is -0.309 e. The van der Waals surface area contributed by atoms with Crippen molar-refractivity contribution in [3.63, 3.8) is 0 Å². The Morgan fingerprint density at radius 1 is 1.31 bits per heavy atom. The highest BCUT2D eigenvalue weighted by Gasteiger charge is 2.35. The van der Waals surface area contributed by atoms with Crippen LogP contribution in [0.2, 0.25) is 0 Å². The van der Waals surface area contributed by atoms with Crippen LogP contribution < -0.4 is 5.32 Å². The highest BCUT2D eigenvalue weighted by atomic mass is 15.2. The van der Waals surface area contributed by atoms with Crippen molar-refractivity contribution in [3.05, 3.63) is 0 Å². The van der Waals surface area contributed by atoms with E-state index >= 15 is 0 Å². The van der Waals surface area contributed by atoms with E-state index in [2.05, 4.69) is 31.0 Å². The van der Waals surface area contributed by atoms with Crippen molar-refractivity contribution < 1.29 is 0 Å². The first kappa shape index (κ1) is 12.4. The van der Waals surface area contributed by atoms with Crippen molar-refractivity contribution >= 4 is 0 Å². The summed E-state index contributed by atoms with van der Waals surface area (Å²) < 4.78 is 0. The molecular formula is C14H28N2. The average Bonchev–Trinajstić information content (AvgIpc) is 3.13. The second kappa shape index (κ2) is 5.05. The van der Waals surface area contributed by atoms with Crippen LogP contribution in [0, 0.1) is 5.92 Å². The van der Waals surface area contributed by atoms with Gasteiger partial charge in [0.25, 0.3) is 0 Å². The summed E-state index contributed by atoms with van der Waals surface area (Å²) in [5.41, 5.74) is 0.399. The molecule has 1 heterocycles. The van der Waals surface area contributed by atoms with Crippen LogP contribution in [-0.4, -0.2) is 36.1 Å². The van der Waals surface area contributed by atoms with Crippen molar-refractivity contribution in [3.8, 4) is 0 Å². The molecule has 2 heteroatoms. The molecule has 0 bridgehead atoms. The third-order valence-corrected chi connectivity index (χ3v) is 4.75. The molecule has 0 aromatic carbocycles. The molecule has 2 nitrogen and oxygen atoms in total. The summed E-state index contributed by atoms with van der Waals surface area (Å²) in [6.07, 6.45) is 6.93. The van der Waals surface area contributed by atoms with Crippen molar-refractivity contribution in [2.75, 3.05) is 19.6 Å². The van der Waals surface area contributed by atoms with Crippen LogP contribution in [-0.2, 0) is 0 Å². The van der Waals surface area contributed by atoms with Crippen LogP contribution in [0.3, 0.4) is 0 Å². The molecule has 0 aromatic heterocycles. The second-order valence-corrected chi connectivity index (χ2v) is 5.91. The lowest BCUT2D eigenvalue weighted by Gasteiger charge is -2.45. The molecular weight excluding hydrogens is 196 g/mol. The number of nitrogens with zero attached hydrogens (tertiary/aromatic N) is 1. The molecule has 94 valence electrons. The molecule has 1 atom stereocenters. The Morgan fingerprint density at radius 2 is 2.00 bits per heavy atom. The molecule has 1 aliphatic heterocycles. The molecule has 1 saturated carbocycles. The maximum absolute atomic E-state index is 3.74. The van der Waals surface area contributed by atoms with Gasteiger partial charge in [-0.15, -0.1) is 0 Å². The maximum atomic E-state index is 3.74. The first-order chi connectivity index (χ1) is 7.69. The van der Waals surface area contributed by atoms with Gasteiger partial charge in [-0.3, -0.25) is 4.90 Å². The Bertz CT molecular complexity index is 219. The van der Waals surface area contributed by atoms with Crippen LogP contribution in [0.4, 0.5) is 0 Å². The van der Waals surface area contributed by atoms with Gasteiger partial charge in [0.05, 0.1) is 0 Å². The SMILES string of the molecule is CCC1(CC)CN(C(C)CC2CC2)CCN1. The Morgan fingerprint density at radius 3 is 2.56 bits per heavy atom. The van der Waals surface area contributed by atoms with Crippen molar-refractivity contribution in [1.29, 1.82) is 0 Å². The van der Waals surface area contributed by atoms with Crippen molar-refractivity contribution in [1.82, 2.24) is 10.2 Å². The van der Waals surface area contributed by atoms with Crippen LogP contribution in [0.5, 0.6) is 0 Å². The van der Waals surface area contributed by atoms with Gasteiger partial charge in [-0.05, 0) is 32.1 Å². The zero-order valence-electron chi connectivity index (χ0n) is 11.3. The van der Waals surface area contributed by atoms with Crippen molar-refractivity contribution in [2.45, 2.75) is 64.5 Å².